The molecular weight excluding hydrogens is 383 g/mol. The Hall–Kier alpha value is -3.26. The Morgan fingerprint density at radius 1 is 1.13 bits per heavy atom. The number of nitrogens with zero attached hydrogens (tertiary/aromatic N) is 2. The largest absolute Gasteiger partial charge is 0.365 e. The molecule has 1 aliphatic carbocycles. The highest BCUT2D eigenvalue weighted by Crippen LogP contribution is 2.27. The highest BCUT2D eigenvalue weighted by atomic mass is 19.1. The van der Waals surface area contributed by atoms with E-state index in [-0.39, 0.29) is 29.3 Å². The molecule has 2 aromatic heterocycles. The van der Waals surface area contributed by atoms with Gasteiger partial charge in [-0.05, 0) is 38.1 Å². The summed E-state index contributed by atoms with van der Waals surface area (Å²) >= 11 is 0. The van der Waals surface area contributed by atoms with Crippen molar-refractivity contribution < 1.29 is 9.18 Å². The molecule has 0 spiro atoms. The van der Waals surface area contributed by atoms with Crippen LogP contribution in [0.4, 0.5) is 21.7 Å². The topological polar surface area (TPSA) is 105 Å². The van der Waals surface area contributed by atoms with Gasteiger partial charge in [0.15, 0.2) is 11.6 Å². The van der Waals surface area contributed by atoms with Crippen LogP contribution >= 0.6 is 0 Å². The minimum Gasteiger partial charge on any atom is -0.365 e. The summed E-state index contributed by atoms with van der Waals surface area (Å²) in [6.07, 6.45) is 5.79. The van der Waals surface area contributed by atoms with Gasteiger partial charge < -0.3 is 21.7 Å². The first-order valence-corrected chi connectivity index (χ1v) is 10.1. The zero-order valence-electron chi connectivity index (χ0n) is 16.8. The number of nitrogens with two attached hydrogens (primary N) is 1. The second kappa shape index (κ2) is 8.62. The minimum atomic E-state index is -0.755. The van der Waals surface area contributed by atoms with Crippen LogP contribution in [0.15, 0.2) is 42.6 Å². The highest BCUT2D eigenvalue weighted by molar-refractivity contribution is 5.98. The lowest BCUT2D eigenvalue weighted by atomic mass is 9.90. The van der Waals surface area contributed by atoms with E-state index in [1.807, 2.05) is 37.4 Å². The number of amides is 1. The van der Waals surface area contributed by atoms with Crippen LogP contribution in [0.1, 0.15) is 36.0 Å². The number of fused-ring (bicyclic) bond motifs is 1. The zero-order valence-corrected chi connectivity index (χ0v) is 16.8. The molecular formula is C22H25FN6O. The molecule has 5 N–H and O–H groups in total. The Bertz CT molecular complexity index is 1070. The van der Waals surface area contributed by atoms with Crippen molar-refractivity contribution in [2.75, 3.05) is 17.7 Å². The Balaban J connectivity index is 1.66. The van der Waals surface area contributed by atoms with Gasteiger partial charge in [-0.25, -0.2) is 9.37 Å². The highest BCUT2D eigenvalue weighted by Gasteiger charge is 2.26. The van der Waals surface area contributed by atoms with E-state index in [9.17, 15) is 9.18 Å². The van der Waals surface area contributed by atoms with Crippen molar-refractivity contribution in [3.05, 3.63) is 54.0 Å². The Morgan fingerprint density at radius 3 is 2.67 bits per heavy atom. The zero-order chi connectivity index (χ0) is 21.1. The van der Waals surface area contributed by atoms with Crippen molar-refractivity contribution in [2.45, 2.75) is 37.8 Å². The average Bonchev–Trinajstić information content (AvgIpc) is 2.76. The number of benzene rings is 1. The van der Waals surface area contributed by atoms with E-state index in [2.05, 4.69) is 25.9 Å². The van der Waals surface area contributed by atoms with Crippen molar-refractivity contribution >= 4 is 34.1 Å². The number of anilines is 3. The fourth-order valence-electron chi connectivity index (χ4n) is 3.97. The number of nitrogens with one attached hydrogen (secondary N) is 3. The van der Waals surface area contributed by atoms with Gasteiger partial charge in [0.1, 0.15) is 5.82 Å². The van der Waals surface area contributed by atoms with E-state index < -0.39 is 11.7 Å². The summed E-state index contributed by atoms with van der Waals surface area (Å²) < 4.78 is 14.7. The third kappa shape index (κ3) is 4.18. The molecule has 1 aromatic carbocycles. The quantitative estimate of drug-likeness (QED) is 0.497. The molecule has 1 saturated carbocycles. The van der Waals surface area contributed by atoms with Gasteiger partial charge in [-0.3, -0.25) is 9.78 Å². The number of hydrogen-bond acceptors (Lipinski definition) is 6. The number of hydrogen-bond donors (Lipinski definition) is 4. The molecule has 156 valence electrons. The number of rotatable bonds is 6. The van der Waals surface area contributed by atoms with Gasteiger partial charge in [0.2, 0.25) is 0 Å². The third-order valence-electron chi connectivity index (χ3n) is 5.55. The van der Waals surface area contributed by atoms with Crippen molar-refractivity contribution in [1.29, 1.82) is 0 Å². The maximum atomic E-state index is 14.7. The number of primary amides is 1. The maximum Gasteiger partial charge on any atom is 0.252 e. The summed E-state index contributed by atoms with van der Waals surface area (Å²) in [6.45, 7) is 0. The number of para-hydroxylation sites is 1. The van der Waals surface area contributed by atoms with Gasteiger partial charge in [0.25, 0.3) is 5.91 Å². The predicted molar refractivity (Wildman–Crippen MR) is 116 cm³/mol. The Morgan fingerprint density at radius 2 is 1.90 bits per heavy atom. The molecule has 2 heterocycles. The van der Waals surface area contributed by atoms with Crippen LogP contribution in [-0.2, 0) is 0 Å². The van der Waals surface area contributed by atoms with Crippen LogP contribution in [0.3, 0.4) is 0 Å². The summed E-state index contributed by atoms with van der Waals surface area (Å²) in [5.74, 6) is -1.06. The lowest BCUT2D eigenvalue weighted by molar-refractivity contribution is 0.100. The predicted octanol–water partition coefficient (Wildman–Crippen LogP) is 3.55. The molecule has 7 nitrogen and oxygen atoms in total. The fourth-order valence-corrected chi connectivity index (χ4v) is 3.97. The number of aromatic nitrogens is 2. The van der Waals surface area contributed by atoms with Crippen LogP contribution in [0.5, 0.6) is 0 Å². The molecule has 0 aliphatic heterocycles. The molecule has 0 saturated heterocycles. The van der Waals surface area contributed by atoms with E-state index >= 15 is 0 Å². The number of carbonyl (C=O) groups excluding carboxylic acids is 1. The third-order valence-corrected chi connectivity index (χ3v) is 5.55. The van der Waals surface area contributed by atoms with E-state index in [1.165, 1.54) is 0 Å². The van der Waals surface area contributed by atoms with Crippen LogP contribution in [0.25, 0.3) is 10.9 Å². The van der Waals surface area contributed by atoms with Crippen molar-refractivity contribution in [3.8, 4) is 0 Å². The normalized spacial score (nSPS) is 18.9. The van der Waals surface area contributed by atoms with E-state index in [4.69, 9.17) is 5.73 Å². The monoisotopic (exact) mass is 408 g/mol. The minimum absolute atomic E-state index is 0.0139. The SMILES string of the molecule is CN[C@H]1CCCCC1Nc1nc(Nc2cnc3ccccc3c2)c(C(N)=O)cc1F. The fraction of sp³-hybridized carbons (Fsp3) is 0.318. The second-order valence-corrected chi connectivity index (χ2v) is 7.55. The summed E-state index contributed by atoms with van der Waals surface area (Å²) in [5, 5.41) is 10.5. The molecule has 1 unspecified atom stereocenters. The van der Waals surface area contributed by atoms with Crippen LogP contribution in [-0.4, -0.2) is 35.0 Å². The lowest BCUT2D eigenvalue weighted by Crippen LogP contribution is -2.45. The van der Waals surface area contributed by atoms with Crippen molar-refractivity contribution in [3.63, 3.8) is 0 Å². The maximum absolute atomic E-state index is 14.7. The Labute approximate surface area is 174 Å². The smallest absolute Gasteiger partial charge is 0.252 e. The van der Waals surface area contributed by atoms with Crippen molar-refractivity contribution in [1.82, 2.24) is 15.3 Å². The van der Waals surface area contributed by atoms with Gasteiger partial charge >= 0.3 is 0 Å². The van der Waals surface area contributed by atoms with Crippen molar-refractivity contribution in [2.24, 2.45) is 5.73 Å². The van der Waals surface area contributed by atoms with Gasteiger partial charge in [-0.1, -0.05) is 31.0 Å². The van der Waals surface area contributed by atoms with Gasteiger partial charge in [-0.2, -0.15) is 0 Å². The molecule has 4 rings (SSSR count). The molecule has 30 heavy (non-hydrogen) atoms. The number of pyridine rings is 2. The molecule has 0 radical (unpaired) electrons. The molecule has 1 aliphatic rings. The first-order valence-electron chi connectivity index (χ1n) is 10.1. The summed E-state index contributed by atoms with van der Waals surface area (Å²) in [7, 11) is 1.91. The molecule has 0 bridgehead atoms. The molecule has 2 atom stereocenters. The second-order valence-electron chi connectivity index (χ2n) is 7.55. The van der Waals surface area contributed by atoms with Crippen LogP contribution in [0.2, 0.25) is 0 Å². The van der Waals surface area contributed by atoms with Crippen LogP contribution < -0.4 is 21.7 Å². The summed E-state index contributed by atoms with van der Waals surface area (Å²) in [4.78, 5) is 20.7. The average molecular weight is 408 g/mol. The molecule has 1 fully saturated rings. The number of halogens is 1. The standard InChI is InChI=1S/C22H25FN6O/c1-25-18-8-4-5-9-19(18)28-22-16(23)11-15(20(24)30)21(29-22)27-14-10-13-6-2-3-7-17(13)26-12-14/h2-3,6-7,10-12,18-19,25H,4-5,8-9H2,1H3,(H2,24,30)(H2,27,28,29)/t18-,19?/m0/s1. The van der Waals surface area contributed by atoms with E-state index in [0.29, 0.717) is 5.69 Å². The number of carbonyl (C=O) groups is 1. The number of likely N-dealkylation sites (N-methyl/N-ethyl adjacent to an activating group) is 1. The first kappa shape index (κ1) is 20.0. The van der Waals surface area contributed by atoms with Crippen LogP contribution in [0, 0.1) is 5.82 Å². The van der Waals surface area contributed by atoms with E-state index in [1.54, 1.807) is 6.20 Å². The molecule has 3 aromatic rings. The van der Waals surface area contributed by atoms with Gasteiger partial charge in [0.05, 0.1) is 23.0 Å². The Kier molecular flexibility index (Phi) is 5.76. The molecule has 8 heteroatoms. The summed E-state index contributed by atoms with van der Waals surface area (Å²) in [6, 6.07) is 11.0. The van der Waals surface area contributed by atoms with Gasteiger partial charge in [0, 0.05) is 17.5 Å². The lowest BCUT2D eigenvalue weighted by Gasteiger charge is -2.32. The van der Waals surface area contributed by atoms with Gasteiger partial charge in [-0.15, -0.1) is 0 Å². The summed E-state index contributed by atoms with van der Waals surface area (Å²) in [5.41, 5.74) is 6.94. The van der Waals surface area contributed by atoms with E-state index in [0.717, 1.165) is 42.7 Å². The first-order chi connectivity index (χ1) is 14.5. The molecule has 1 amide bonds.